The second kappa shape index (κ2) is 6.49. The second-order valence-electron chi connectivity index (χ2n) is 6.29. The monoisotopic (exact) mass is 405 g/mol. The summed E-state index contributed by atoms with van der Waals surface area (Å²) in [4.78, 5) is -0.240. The van der Waals surface area contributed by atoms with Crippen molar-refractivity contribution in [3.05, 3.63) is 65.4 Å². The maximum atomic E-state index is 13.7. The van der Waals surface area contributed by atoms with Gasteiger partial charge in [0.05, 0.1) is 22.1 Å². The van der Waals surface area contributed by atoms with Gasteiger partial charge in [-0.2, -0.15) is 5.26 Å². The van der Waals surface area contributed by atoms with Gasteiger partial charge in [-0.15, -0.1) is 0 Å². The lowest BCUT2D eigenvalue weighted by Crippen LogP contribution is -2.26. The Morgan fingerprint density at radius 3 is 2.64 bits per heavy atom. The van der Waals surface area contributed by atoms with Gasteiger partial charge in [-0.1, -0.05) is 0 Å². The summed E-state index contributed by atoms with van der Waals surface area (Å²) in [7, 11) is -4.21. The lowest BCUT2D eigenvalue weighted by atomic mass is 10.1. The van der Waals surface area contributed by atoms with Crippen LogP contribution in [0.5, 0.6) is 11.5 Å². The van der Waals surface area contributed by atoms with Crippen LogP contribution in [-0.4, -0.2) is 14.4 Å². The van der Waals surface area contributed by atoms with Crippen LogP contribution in [0.4, 0.5) is 8.78 Å². The highest BCUT2D eigenvalue weighted by Crippen LogP contribution is 2.50. The number of rotatable bonds is 4. The number of sulfone groups is 1. The third-order valence-electron chi connectivity index (χ3n) is 4.60. The van der Waals surface area contributed by atoms with Crippen molar-refractivity contribution >= 4 is 9.84 Å². The standard InChI is InChI=1S/C19H13F2NO5S/c20-11-28(23,24)17-2-1-16(27-14-8-12(10-22)7-13(21)9-14)15-3-4-19(18(15)17)25-5-6-26-19/h1-2,5-9H,3-4,11H2. The van der Waals surface area contributed by atoms with Crippen LogP contribution in [0.15, 0.2) is 47.8 Å². The third-order valence-corrected chi connectivity index (χ3v) is 5.89. The summed E-state index contributed by atoms with van der Waals surface area (Å²) in [5, 5.41) is 8.99. The molecule has 0 atom stereocenters. The number of ether oxygens (including phenoxy) is 3. The summed E-state index contributed by atoms with van der Waals surface area (Å²) < 4.78 is 68.2. The molecule has 9 heteroatoms. The zero-order valence-corrected chi connectivity index (χ0v) is 15.1. The second-order valence-corrected chi connectivity index (χ2v) is 8.18. The molecule has 0 aromatic heterocycles. The summed E-state index contributed by atoms with van der Waals surface area (Å²) in [6.07, 6.45) is 3.21. The van der Waals surface area contributed by atoms with Crippen LogP contribution in [0, 0.1) is 17.1 Å². The molecule has 0 amide bonds. The van der Waals surface area contributed by atoms with Crippen molar-refractivity contribution < 1.29 is 31.4 Å². The average molecular weight is 405 g/mol. The van der Waals surface area contributed by atoms with Crippen molar-refractivity contribution in [1.29, 1.82) is 5.26 Å². The molecule has 2 aromatic rings. The Morgan fingerprint density at radius 1 is 1.21 bits per heavy atom. The van der Waals surface area contributed by atoms with Crippen LogP contribution < -0.4 is 4.74 Å². The zero-order valence-electron chi connectivity index (χ0n) is 14.3. The minimum absolute atomic E-state index is 0.0754. The normalized spacial score (nSPS) is 16.3. The molecule has 0 fully saturated rings. The SMILES string of the molecule is N#Cc1cc(F)cc(Oc2ccc(S(=O)(=O)CF)c3c2CCC32OC=CO2)c1. The summed E-state index contributed by atoms with van der Waals surface area (Å²) in [6, 6.07) is 6.38. The van der Waals surface area contributed by atoms with E-state index in [1.54, 1.807) is 0 Å². The minimum Gasteiger partial charge on any atom is -0.457 e. The molecule has 1 heterocycles. The van der Waals surface area contributed by atoms with Gasteiger partial charge in [0.15, 0.2) is 6.01 Å². The Kier molecular flexibility index (Phi) is 4.23. The van der Waals surface area contributed by atoms with Gasteiger partial charge in [0.1, 0.15) is 29.8 Å². The number of nitriles is 1. The minimum atomic E-state index is -4.21. The number of hydrogen-bond donors (Lipinski definition) is 0. The van der Waals surface area contributed by atoms with E-state index >= 15 is 0 Å². The Morgan fingerprint density at radius 2 is 1.96 bits per heavy atom. The maximum Gasteiger partial charge on any atom is 0.278 e. The lowest BCUT2D eigenvalue weighted by Gasteiger charge is -2.25. The summed E-state index contributed by atoms with van der Waals surface area (Å²) in [5.41, 5.74) is 0.706. The Labute approximate surface area is 159 Å². The van der Waals surface area contributed by atoms with E-state index in [0.29, 0.717) is 12.0 Å². The molecule has 0 saturated carbocycles. The fourth-order valence-electron chi connectivity index (χ4n) is 3.45. The van der Waals surface area contributed by atoms with Gasteiger partial charge in [-0.05, 0) is 30.7 Å². The van der Waals surface area contributed by atoms with E-state index in [9.17, 15) is 17.2 Å². The van der Waals surface area contributed by atoms with Crippen molar-refractivity contribution in [2.45, 2.75) is 23.5 Å². The molecule has 144 valence electrons. The Bertz CT molecular complexity index is 1130. The summed E-state index contributed by atoms with van der Waals surface area (Å²) >= 11 is 0. The third kappa shape index (κ3) is 2.86. The first kappa shape index (κ1) is 18.3. The van der Waals surface area contributed by atoms with Crippen molar-refractivity contribution in [3.63, 3.8) is 0 Å². The van der Waals surface area contributed by atoms with Gasteiger partial charge in [0.2, 0.25) is 9.84 Å². The quantitative estimate of drug-likeness (QED) is 0.769. The van der Waals surface area contributed by atoms with E-state index in [-0.39, 0.29) is 33.9 Å². The topological polar surface area (TPSA) is 85.6 Å². The molecule has 4 rings (SSSR count). The van der Waals surface area contributed by atoms with Crippen LogP contribution in [0.3, 0.4) is 0 Å². The van der Waals surface area contributed by atoms with Gasteiger partial charge >= 0.3 is 0 Å². The number of alkyl halides is 1. The Balaban J connectivity index is 1.85. The van der Waals surface area contributed by atoms with E-state index in [0.717, 1.165) is 12.1 Å². The van der Waals surface area contributed by atoms with Gasteiger partial charge in [0.25, 0.3) is 5.79 Å². The molecule has 0 saturated heterocycles. The van der Waals surface area contributed by atoms with E-state index in [1.165, 1.54) is 30.7 Å². The molecule has 0 radical (unpaired) electrons. The van der Waals surface area contributed by atoms with Gasteiger partial charge in [0, 0.05) is 18.1 Å². The van der Waals surface area contributed by atoms with E-state index < -0.39 is 27.4 Å². The molecular formula is C19H13F2NO5S. The lowest BCUT2D eigenvalue weighted by molar-refractivity contribution is -0.148. The van der Waals surface area contributed by atoms with Gasteiger partial charge < -0.3 is 14.2 Å². The molecule has 1 spiro atoms. The maximum absolute atomic E-state index is 13.7. The molecular weight excluding hydrogens is 392 g/mol. The number of benzene rings is 2. The van der Waals surface area contributed by atoms with Crippen LogP contribution in [0.2, 0.25) is 0 Å². The molecule has 1 aliphatic carbocycles. The number of halogens is 2. The zero-order chi connectivity index (χ0) is 19.9. The molecule has 0 unspecified atom stereocenters. The molecule has 2 aliphatic rings. The van der Waals surface area contributed by atoms with E-state index in [4.69, 9.17) is 19.5 Å². The first-order chi connectivity index (χ1) is 13.4. The molecule has 6 nitrogen and oxygen atoms in total. The summed E-state index contributed by atoms with van der Waals surface area (Å²) in [6.45, 7) is 0. The van der Waals surface area contributed by atoms with Gasteiger partial charge in [-0.3, -0.25) is 0 Å². The molecule has 28 heavy (non-hydrogen) atoms. The van der Waals surface area contributed by atoms with E-state index in [1.807, 2.05) is 6.07 Å². The van der Waals surface area contributed by atoms with Crippen molar-refractivity contribution in [2.75, 3.05) is 6.01 Å². The predicted molar refractivity (Wildman–Crippen MR) is 92.1 cm³/mol. The molecule has 0 N–H and O–H groups in total. The van der Waals surface area contributed by atoms with Crippen molar-refractivity contribution in [2.24, 2.45) is 0 Å². The molecule has 0 bridgehead atoms. The average Bonchev–Trinajstić information content (AvgIpc) is 3.30. The largest absolute Gasteiger partial charge is 0.457 e. The Hall–Kier alpha value is -3.12. The summed E-state index contributed by atoms with van der Waals surface area (Å²) in [5.74, 6) is -1.69. The highest BCUT2D eigenvalue weighted by Gasteiger charge is 2.49. The van der Waals surface area contributed by atoms with Crippen LogP contribution in [-0.2, 0) is 31.5 Å². The first-order valence-electron chi connectivity index (χ1n) is 8.23. The fraction of sp³-hybridized carbons (Fsp3) is 0.211. The number of nitrogens with zero attached hydrogens (tertiary/aromatic N) is 1. The molecule has 1 aliphatic heterocycles. The molecule has 2 aromatic carbocycles. The smallest absolute Gasteiger partial charge is 0.278 e. The van der Waals surface area contributed by atoms with Gasteiger partial charge in [-0.25, -0.2) is 17.2 Å². The fourth-order valence-corrected chi connectivity index (χ4v) is 4.44. The van der Waals surface area contributed by atoms with E-state index in [2.05, 4.69) is 0 Å². The van der Waals surface area contributed by atoms with Crippen LogP contribution in [0.1, 0.15) is 23.1 Å². The number of hydrogen-bond acceptors (Lipinski definition) is 6. The van der Waals surface area contributed by atoms with Crippen molar-refractivity contribution in [1.82, 2.24) is 0 Å². The highest BCUT2D eigenvalue weighted by atomic mass is 32.2. The first-order valence-corrected chi connectivity index (χ1v) is 9.88. The van der Waals surface area contributed by atoms with Crippen molar-refractivity contribution in [3.8, 4) is 17.6 Å². The van der Waals surface area contributed by atoms with Crippen LogP contribution >= 0.6 is 0 Å². The predicted octanol–water partition coefficient (Wildman–Crippen LogP) is 3.81. The highest BCUT2D eigenvalue weighted by molar-refractivity contribution is 7.91. The number of fused-ring (bicyclic) bond motifs is 2. The van der Waals surface area contributed by atoms with Crippen LogP contribution in [0.25, 0.3) is 0 Å².